The van der Waals surface area contributed by atoms with Gasteiger partial charge in [-0.1, -0.05) is 30.3 Å². The molecule has 0 fully saturated rings. The van der Waals surface area contributed by atoms with E-state index < -0.39 is 0 Å². The van der Waals surface area contributed by atoms with E-state index in [1.54, 1.807) is 24.3 Å². The van der Waals surface area contributed by atoms with Crippen molar-refractivity contribution in [1.29, 1.82) is 0 Å². The van der Waals surface area contributed by atoms with Gasteiger partial charge in [-0.3, -0.25) is 9.59 Å². The van der Waals surface area contributed by atoms with Crippen molar-refractivity contribution in [3.8, 4) is 0 Å². The Kier molecular flexibility index (Phi) is 5.10. The Morgan fingerprint density at radius 3 is 2.45 bits per heavy atom. The highest BCUT2D eigenvalue weighted by atomic mass is 16.1. The fourth-order valence-corrected chi connectivity index (χ4v) is 2.26. The van der Waals surface area contributed by atoms with Crippen LogP contribution in [0.4, 0.5) is 5.69 Å². The van der Waals surface area contributed by atoms with Gasteiger partial charge in [0.25, 0.3) is 0 Å². The quantitative estimate of drug-likeness (QED) is 0.845. The molecule has 0 aliphatic carbocycles. The maximum absolute atomic E-state index is 12.0. The van der Waals surface area contributed by atoms with Crippen LogP contribution < -0.4 is 5.32 Å². The predicted molar refractivity (Wildman–Crippen MR) is 89.3 cm³/mol. The molecule has 0 saturated carbocycles. The number of ketones is 1. The molecule has 2 aromatic carbocycles. The monoisotopic (exact) mass is 295 g/mol. The van der Waals surface area contributed by atoms with Crippen molar-refractivity contribution in [2.45, 2.75) is 33.6 Å². The van der Waals surface area contributed by atoms with E-state index in [0.717, 1.165) is 5.56 Å². The summed E-state index contributed by atoms with van der Waals surface area (Å²) in [5, 5.41) is 2.84. The number of rotatable bonds is 5. The highest BCUT2D eigenvalue weighted by Crippen LogP contribution is 2.14. The third kappa shape index (κ3) is 4.29. The van der Waals surface area contributed by atoms with Gasteiger partial charge >= 0.3 is 0 Å². The zero-order valence-corrected chi connectivity index (χ0v) is 13.3. The Morgan fingerprint density at radius 2 is 1.77 bits per heavy atom. The first-order valence-electron chi connectivity index (χ1n) is 7.42. The lowest BCUT2D eigenvalue weighted by Crippen LogP contribution is -2.12. The van der Waals surface area contributed by atoms with Gasteiger partial charge in [0.05, 0.1) is 0 Å². The third-order valence-electron chi connectivity index (χ3n) is 3.76. The second-order valence-corrected chi connectivity index (χ2v) is 5.60. The summed E-state index contributed by atoms with van der Waals surface area (Å²) in [5.41, 5.74) is 4.93. The molecule has 0 aliphatic heterocycles. The molecule has 1 N–H and O–H groups in total. The Labute approximate surface area is 131 Å². The molecular weight excluding hydrogens is 274 g/mol. The lowest BCUT2D eigenvalue weighted by atomic mass is 10.0. The molecular formula is C19H21NO2. The fraction of sp³-hybridized carbons (Fsp3) is 0.263. The van der Waals surface area contributed by atoms with Gasteiger partial charge < -0.3 is 5.32 Å². The summed E-state index contributed by atoms with van der Waals surface area (Å²) in [7, 11) is 0. The molecule has 0 spiro atoms. The van der Waals surface area contributed by atoms with E-state index >= 15 is 0 Å². The second-order valence-electron chi connectivity index (χ2n) is 5.60. The summed E-state index contributed by atoms with van der Waals surface area (Å²) in [6.45, 7) is 5.67. The Balaban J connectivity index is 1.94. The van der Waals surface area contributed by atoms with Gasteiger partial charge in [-0.2, -0.15) is 0 Å². The zero-order valence-electron chi connectivity index (χ0n) is 13.3. The molecule has 3 heteroatoms. The van der Waals surface area contributed by atoms with Gasteiger partial charge in [0.2, 0.25) is 5.91 Å². The van der Waals surface area contributed by atoms with Gasteiger partial charge in [0.1, 0.15) is 0 Å². The first-order chi connectivity index (χ1) is 10.5. The minimum absolute atomic E-state index is 0.00812. The molecule has 0 saturated heterocycles. The van der Waals surface area contributed by atoms with Gasteiger partial charge in [-0.05, 0) is 56.0 Å². The van der Waals surface area contributed by atoms with Crippen LogP contribution in [-0.2, 0) is 11.2 Å². The average Bonchev–Trinajstić information content (AvgIpc) is 2.49. The molecule has 0 radical (unpaired) electrons. The first kappa shape index (κ1) is 16.0. The summed E-state index contributed by atoms with van der Waals surface area (Å²) in [4.78, 5) is 23.4. The predicted octanol–water partition coefficient (Wildman–Crippen LogP) is 4.08. The van der Waals surface area contributed by atoms with Crippen LogP contribution in [0, 0.1) is 13.8 Å². The van der Waals surface area contributed by atoms with Crippen molar-refractivity contribution < 1.29 is 9.59 Å². The molecule has 0 aromatic heterocycles. The van der Waals surface area contributed by atoms with Gasteiger partial charge in [0.15, 0.2) is 5.78 Å². The molecule has 2 aromatic rings. The number of aryl methyl sites for hydroxylation is 3. The Hall–Kier alpha value is -2.42. The number of anilines is 1. The van der Waals surface area contributed by atoms with Gasteiger partial charge in [-0.25, -0.2) is 0 Å². The molecule has 0 unspecified atom stereocenters. The Morgan fingerprint density at radius 1 is 1.00 bits per heavy atom. The first-order valence-corrected chi connectivity index (χ1v) is 7.42. The van der Waals surface area contributed by atoms with Crippen LogP contribution in [0.25, 0.3) is 0 Å². The number of Topliss-reactive ketones (excluding diaryl/α,β-unsaturated/α-hetero) is 1. The summed E-state index contributed by atoms with van der Waals surface area (Å²) < 4.78 is 0. The van der Waals surface area contributed by atoms with Crippen LogP contribution in [0.2, 0.25) is 0 Å². The van der Waals surface area contributed by atoms with Crippen molar-refractivity contribution in [2.75, 3.05) is 5.32 Å². The van der Waals surface area contributed by atoms with Crippen LogP contribution in [0.3, 0.4) is 0 Å². The SMILES string of the molecule is CC(=O)c1cccc(NC(=O)CCc2ccc(C)c(C)c2)c1. The number of benzene rings is 2. The lowest BCUT2D eigenvalue weighted by molar-refractivity contribution is -0.116. The van der Waals surface area contributed by atoms with Crippen LogP contribution >= 0.6 is 0 Å². The maximum atomic E-state index is 12.0. The number of carbonyl (C=O) groups is 2. The van der Waals surface area contributed by atoms with Crippen LogP contribution in [-0.4, -0.2) is 11.7 Å². The number of carbonyl (C=O) groups excluding carboxylic acids is 2. The number of hydrogen-bond donors (Lipinski definition) is 1. The molecule has 0 aliphatic rings. The van der Waals surface area contributed by atoms with Crippen LogP contribution in [0.1, 0.15) is 40.4 Å². The summed E-state index contributed by atoms with van der Waals surface area (Å²) in [6.07, 6.45) is 1.13. The topological polar surface area (TPSA) is 46.2 Å². The van der Waals surface area contributed by atoms with Crippen molar-refractivity contribution >= 4 is 17.4 Å². The summed E-state index contributed by atoms with van der Waals surface area (Å²) >= 11 is 0. The van der Waals surface area contributed by atoms with Gasteiger partial charge in [0, 0.05) is 17.7 Å². The van der Waals surface area contributed by atoms with Crippen molar-refractivity contribution in [2.24, 2.45) is 0 Å². The Bertz CT molecular complexity index is 704. The van der Waals surface area contributed by atoms with Crippen LogP contribution in [0.15, 0.2) is 42.5 Å². The minimum atomic E-state index is -0.0427. The average molecular weight is 295 g/mol. The number of nitrogens with one attached hydrogen (secondary N) is 1. The van der Waals surface area contributed by atoms with E-state index in [1.807, 2.05) is 0 Å². The van der Waals surface area contributed by atoms with E-state index in [-0.39, 0.29) is 11.7 Å². The molecule has 2 rings (SSSR count). The number of amides is 1. The molecule has 22 heavy (non-hydrogen) atoms. The van der Waals surface area contributed by atoms with E-state index in [4.69, 9.17) is 0 Å². The van der Waals surface area contributed by atoms with Crippen LogP contribution in [0.5, 0.6) is 0 Å². The third-order valence-corrected chi connectivity index (χ3v) is 3.76. The van der Waals surface area contributed by atoms with Crippen molar-refractivity contribution in [3.05, 3.63) is 64.7 Å². The minimum Gasteiger partial charge on any atom is -0.326 e. The maximum Gasteiger partial charge on any atom is 0.224 e. The largest absolute Gasteiger partial charge is 0.326 e. The number of hydrogen-bond acceptors (Lipinski definition) is 2. The lowest BCUT2D eigenvalue weighted by Gasteiger charge is -2.08. The molecule has 1 amide bonds. The van der Waals surface area contributed by atoms with E-state index in [9.17, 15) is 9.59 Å². The highest BCUT2D eigenvalue weighted by molar-refractivity contribution is 5.97. The molecule has 114 valence electrons. The highest BCUT2D eigenvalue weighted by Gasteiger charge is 2.06. The van der Waals surface area contributed by atoms with Gasteiger partial charge in [-0.15, -0.1) is 0 Å². The smallest absolute Gasteiger partial charge is 0.224 e. The van der Waals surface area contributed by atoms with Crippen molar-refractivity contribution in [3.63, 3.8) is 0 Å². The molecule has 0 heterocycles. The zero-order chi connectivity index (χ0) is 16.1. The normalized spacial score (nSPS) is 10.3. The van der Waals surface area contributed by atoms with E-state index in [0.29, 0.717) is 24.1 Å². The van der Waals surface area contributed by atoms with E-state index in [2.05, 4.69) is 37.4 Å². The summed E-state index contributed by atoms with van der Waals surface area (Å²) in [5.74, 6) is -0.0508. The van der Waals surface area contributed by atoms with Crippen molar-refractivity contribution in [1.82, 2.24) is 0 Å². The summed E-state index contributed by atoms with van der Waals surface area (Å²) in [6, 6.07) is 13.3. The second kappa shape index (κ2) is 7.03. The fourth-order valence-electron chi connectivity index (χ4n) is 2.26. The molecule has 3 nitrogen and oxygen atoms in total. The standard InChI is InChI=1S/C19H21NO2/c1-13-7-8-16(11-14(13)2)9-10-19(22)20-18-6-4-5-17(12-18)15(3)21/h4-8,11-12H,9-10H2,1-3H3,(H,20,22). The molecule has 0 atom stereocenters. The van der Waals surface area contributed by atoms with E-state index in [1.165, 1.54) is 18.1 Å². The molecule has 0 bridgehead atoms.